The Kier molecular flexibility index (Phi) is 7.89. The quantitative estimate of drug-likeness (QED) is 0.676. The molecule has 1 amide bonds. The first kappa shape index (κ1) is 23.0. The van der Waals surface area contributed by atoms with Crippen molar-refractivity contribution in [2.24, 2.45) is 0 Å². The number of halogens is 1. The molecule has 0 spiro atoms. The van der Waals surface area contributed by atoms with Gasteiger partial charge >= 0.3 is 0 Å². The summed E-state index contributed by atoms with van der Waals surface area (Å²) in [4.78, 5) is 14.7. The van der Waals surface area contributed by atoms with Gasteiger partial charge in [0.2, 0.25) is 10.0 Å². The normalized spacial score (nSPS) is 11.8. The van der Waals surface area contributed by atoms with Gasteiger partial charge in [0.05, 0.1) is 10.5 Å². The molecule has 0 radical (unpaired) electrons. The lowest BCUT2D eigenvalue weighted by atomic mass is 10.1. The Labute approximate surface area is 172 Å². The van der Waals surface area contributed by atoms with Gasteiger partial charge in [-0.25, -0.2) is 17.1 Å². The Balaban J connectivity index is 2.21. The molecule has 158 valence electrons. The summed E-state index contributed by atoms with van der Waals surface area (Å²) in [6, 6.07) is 11.0. The highest BCUT2D eigenvalue weighted by Crippen LogP contribution is 2.18. The summed E-state index contributed by atoms with van der Waals surface area (Å²) in [5.41, 5.74) is 1.72. The van der Waals surface area contributed by atoms with Crippen LogP contribution in [0.2, 0.25) is 0 Å². The number of sulfonamides is 1. The summed E-state index contributed by atoms with van der Waals surface area (Å²) in [5.74, 6) is -1.42. The van der Waals surface area contributed by atoms with E-state index in [2.05, 4.69) is 24.1 Å². The lowest BCUT2D eigenvalue weighted by Gasteiger charge is -2.20. The van der Waals surface area contributed by atoms with Gasteiger partial charge in [-0.1, -0.05) is 38.1 Å². The lowest BCUT2D eigenvalue weighted by molar-refractivity contribution is 0.0946. The van der Waals surface area contributed by atoms with E-state index in [-0.39, 0.29) is 17.0 Å². The van der Waals surface area contributed by atoms with Crippen LogP contribution in [0.4, 0.5) is 4.39 Å². The standard InChI is InChI=1S/C21H28FN3O3S/c1-5-25(6-2)15-17-10-8-7-9-16(17)14-23-21(26)19-13-18(11-12-20(19)22)29(27,28)24(3)4/h7-13H,5-6,14-15H2,1-4H3,(H,23,26). The number of amides is 1. The molecule has 0 bridgehead atoms. The van der Waals surface area contributed by atoms with Gasteiger partial charge in [0.15, 0.2) is 0 Å². The van der Waals surface area contributed by atoms with Gasteiger partial charge in [0.25, 0.3) is 5.91 Å². The van der Waals surface area contributed by atoms with E-state index in [1.165, 1.54) is 14.1 Å². The van der Waals surface area contributed by atoms with E-state index in [0.29, 0.717) is 0 Å². The summed E-state index contributed by atoms with van der Waals surface area (Å²) >= 11 is 0. The van der Waals surface area contributed by atoms with Crippen molar-refractivity contribution >= 4 is 15.9 Å². The molecule has 0 aliphatic rings. The van der Waals surface area contributed by atoms with Crippen molar-refractivity contribution in [3.63, 3.8) is 0 Å². The Bertz CT molecular complexity index is 957. The molecule has 0 aliphatic heterocycles. The van der Waals surface area contributed by atoms with Crippen LogP contribution in [0.3, 0.4) is 0 Å². The smallest absolute Gasteiger partial charge is 0.254 e. The van der Waals surface area contributed by atoms with Gasteiger partial charge in [-0.2, -0.15) is 0 Å². The monoisotopic (exact) mass is 421 g/mol. The van der Waals surface area contributed by atoms with Gasteiger partial charge in [-0.15, -0.1) is 0 Å². The highest BCUT2D eigenvalue weighted by molar-refractivity contribution is 7.89. The minimum absolute atomic E-state index is 0.129. The maximum absolute atomic E-state index is 14.2. The zero-order valence-corrected chi connectivity index (χ0v) is 18.1. The Morgan fingerprint density at radius 2 is 1.66 bits per heavy atom. The van der Waals surface area contributed by atoms with Crippen LogP contribution in [0.5, 0.6) is 0 Å². The summed E-state index contributed by atoms with van der Waals surface area (Å²) in [6.07, 6.45) is 0. The molecule has 0 aliphatic carbocycles. The van der Waals surface area contributed by atoms with E-state index in [1.807, 2.05) is 24.3 Å². The second-order valence-corrected chi connectivity index (χ2v) is 8.99. The number of carbonyl (C=O) groups is 1. The summed E-state index contributed by atoms with van der Waals surface area (Å²) in [7, 11) is -1.00. The van der Waals surface area contributed by atoms with Crippen LogP contribution in [0, 0.1) is 5.82 Å². The number of hydrogen-bond acceptors (Lipinski definition) is 4. The predicted molar refractivity (Wildman–Crippen MR) is 112 cm³/mol. The van der Waals surface area contributed by atoms with E-state index in [1.54, 1.807) is 0 Å². The first-order chi connectivity index (χ1) is 13.7. The van der Waals surface area contributed by atoms with Gasteiger partial charge < -0.3 is 5.32 Å². The molecule has 0 atom stereocenters. The molecule has 2 rings (SSSR count). The van der Waals surface area contributed by atoms with Crippen LogP contribution in [0.25, 0.3) is 0 Å². The van der Waals surface area contributed by atoms with E-state index >= 15 is 0 Å². The highest BCUT2D eigenvalue weighted by atomic mass is 32.2. The second kappa shape index (κ2) is 9.96. The fourth-order valence-electron chi connectivity index (χ4n) is 2.89. The first-order valence-electron chi connectivity index (χ1n) is 9.50. The van der Waals surface area contributed by atoms with Crippen LogP contribution >= 0.6 is 0 Å². The fourth-order valence-corrected chi connectivity index (χ4v) is 3.82. The molecule has 0 saturated heterocycles. The summed E-state index contributed by atoms with van der Waals surface area (Å²) in [6.45, 7) is 6.98. The third kappa shape index (κ3) is 5.62. The SMILES string of the molecule is CCN(CC)Cc1ccccc1CNC(=O)c1cc(S(=O)(=O)N(C)C)ccc1F. The number of rotatable bonds is 9. The molecule has 2 aromatic rings. The predicted octanol–water partition coefficient (Wildman–Crippen LogP) is 2.85. The molecule has 0 heterocycles. The van der Waals surface area contributed by atoms with Crippen molar-refractivity contribution in [2.45, 2.75) is 31.8 Å². The van der Waals surface area contributed by atoms with Crippen molar-refractivity contribution in [3.8, 4) is 0 Å². The van der Waals surface area contributed by atoms with Crippen LogP contribution in [0.15, 0.2) is 47.4 Å². The fraction of sp³-hybridized carbons (Fsp3) is 0.381. The average molecular weight is 422 g/mol. The van der Waals surface area contributed by atoms with Gasteiger partial charge in [-0.3, -0.25) is 9.69 Å². The number of hydrogen-bond donors (Lipinski definition) is 1. The molecule has 0 saturated carbocycles. The van der Waals surface area contributed by atoms with Crippen LogP contribution in [-0.4, -0.2) is 50.7 Å². The summed E-state index contributed by atoms with van der Waals surface area (Å²) in [5, 5.41) is 2.71. The van der Waals surface area contributed by atoms with Gasteiger partial charge in [-0.05, 0) is 42.4 Å². The molecule has 29 heavy (non-hydrogen) atoms. The van der Waals surface area contributed by atoms with Crippen molar-refractivity contribution in [1.82, 2.24) is 14.5 Å². The van der Waals surface area contributed by atoms with Gasteiger partial charge in [0.1, 0.15) is 5.82 Å². The Morgan fingerprint density at radius 1 is 1.03 bits per heavy atom. The molecular weight excluding hydrogens is 393 g/mol. The second-order valence-electron chi connectivity index (χ2n) is 6.84. The number of benzene rings is 2. The molecule has 6 nitrogen and oxygen atoms in total. The molecule has 0 aromatic heterocycles. The molecule has 2 aromatic carbocycles. The van der Waals surface area contributed by atoms with Gasteiger partial charge in [0, 0.05) is 27.2 Å². The summed E-state index contributed by atoms with van der Waals surface area (Å²) < 4.78 is 39.8. The lowest BCUT2D eigenvalue weighted by Crippen LogP contribution is -2.27. The van der Waals surface area contributed by atoms with E-state index in [9.17, 15) is 17.6 Å². The van der Waals surface area contributed by atoms with Crippen LogP contribution in [0.1, 0.15) is 35.3 Å². The largest absolute Gasteiger partial charge is 0.348 e. The van der Waals surface area contributed by atoms with E-state index in [4.69, 9.17) is 0 Å². The number of nitrogens with zero attached hydrogens (tertiary/aromatic N) is 2. The van der Waals surface area contributed by atoms with Crippen molar-refractivity contribution in [2.75, 3.05) is 27.2 Å². The van der Waals surface area contributed by atoms with Crippen LogP contribution < -0.4 is 5.32 Å². The average Bonchev–Trinajstić information content (AvgIpc) is 2.70. The maximum Gasteiger partial charge on any atom is 0.254 e. The third-order valence-electron chi connectivity index (χ3n) is 4.81. The number of carbonyl (C=O) groups excluding carboxylic acids is 1. The van der Waals surface area contributed by atoms with E-state index in [0.717, 1.165) is 53.3 Å². The van der Waals surface area contributed by atoms with Crippen molar-refractivity contribution in [3.05, 3.63) is 65.0 Å². The molecule has 0 unspecified atom stereocenters. The zero-order valence-electron chi connectivity index (χ0n) is 17.3. The maximum atomic E-state index is 14.2. The third-order valence-corrected chi connectivity index (χ3v) is 6.62. The molecule has 0 fully saturated rings. The van der Waals surface area contributed by atoms with Crippen molar-refractivity contribution in [1.29, 1.82) is 0 Å². The topological polar surface area (TPSA) is 69.7 Å². The van der Waals surface area contributed by atoms with Crippen LogP contribution in [-0.2, 0) is 23.1 Å². The Morgan fingerprint density at radius 3 is 2.24 bits per heavy atom. The Hall–Kier alpha value is -2.29. The van der Waals surface area contributed by atoms with Crippen molar-refractivity contribution < 1.29 is 17.6 Å². The molecular formula is C21H28FN3O3S. The minimum atomic E-state index is -3.76. The number of nitrogens with one attached hydrogen (secondary N) is 1. The zero-order chi connectivity index (χ0) is 21.6. The molecule has 8 heteroatoms. The highest BCUT2D eigenvalue weighted by Gasteiger charge is 2.21. The molecule has 1 N–H and O–H groups in total. The first-order valence-corrected chi connectivity index (χ1v) is 10.9. The van der Waals surface area contributed by atoms with E-state index < -0.39 is 21.7 Å². The minimum Gasteiger partial charge on any atom is -0.348 e.